The van der Waals surface area contributed by atoms with Crippen LogP contribution < -0.4 is 5.32 Å². The third-order valence-electron chi connectivity index (χ3n) is 4.57. The first-order valence-electron chi connectivity index (χ1n) is 8.50. The summed E-state index contributed by atoms with van der Waals surface area (Å²) in [6.07, 6.45) is 1.19. The first-order chi connectivity index (χ1) is 12.3. The van der Waals surface area contributed by atoms with Gasteiger partial charge in [0.05, 0.1) is 27.6 Å². The molecule has 1 aromatic heterocycles. The summed E-state index contributed by atoms with van der Waals surface area (Å²) in [6.45, 7) is 3.72. The lowest BCUT2D eigenvalue weighted by molar-refractivity contribution is -0.121. The zero-order chi connectivity index (χ0) is 18.9. The van der Waals surface area contributed by atoms with Gasteiger partial charge in [-0.25, -0.2) is 17.8 Å². The Bertz CT molecular complexity index is 907. The lowest BCUT2D eigenvalue weighted by Gasteiger charge is -2.15. The zero-order valence-corrected chi connectivity index (χ0v) is 16.3. The molecule has 1 aliphatic heterocycles. The minimum absolute atomic E-state index is 0.00927. The molecule has 140 valence electrons. The van der Waals surface area contributed by atoms with Crippen molar-refractivity contribution in [1.82, 2.24) is 10.3 Å². The van der Waals surface area contributed by atoms with Crippen molar-refractivity contribution >= 4 is 27.1 Å². The minimum atomic E-state index is -3.13. The van der Waals surface area contributed by atoms with Gasteiger partial charge in [-0.1, -0.05) is 0 Å². The normalized spacial score (nSPS) is 20.0. The van der Waals surface area contributed by atoms with Crippen molar-refractivity contribution < 1.29 is 17.6 Å². The van der Waals surface area contributed by atoms with E-state index in [1.165, 1.54) is 23.5 Å². The van der Waals surface area contributed by atoms with Crippen LogP contribution in [0.4, 0.5) is 4.39 Å². The van der Waals surface area contributed by atoms with Gasteiger partial charge >= 0.3 is 0 Å². The molecular formula is C18H21FN2O3S2. The van der Waals surface area contributed by atoms with Gasteiger partial charge < -0.3 is 5.32 Å². The van der Waals surface area contributed by atoms with Gasteiger partial charge in [0.1, 0.15) is 10.8 Å². The molecule has 1 fully saturated rings. The van der Waals surface area contributed by atoms with Crippen molar-refractivity contribution in [2.75, 3.05) is 5.75 Å². The lowest BCUT2D eigenvalue weighted by Crippen LogP contribution is -2.31. The molecule has 3 rings (SSSR count). The Morgan fingerprint density at radius 2 is 2.08 bits per heavy atom. The molecule has 0 saturated carbocycles. The zero-order valence-electron chi connectivity index (χ0n) is 14.7. The van der Waals surface area contributed by atoms with Crippen LogP contribution in [-0.2, 0) is 14.6 Å². The molecule has 0 aliphatic carbocycles. The van der Waals surface area contributed by atoms with E-state index >= 15 is 0 Å². The topological polar surface area (TPSA) is 76.1 Å². The maximum atomic E-state index is 13.1. The van der Waals surface area contributed by atoms with Gasteiger partial charge in [-0.3, -0.25) is 4.79 Å². The SMILES string of the molecule is Cc1nc(-c2ccc(F)cc2)sc1C(C)NC(=O)CC1CCCS1(=O)=O. The number of carbonyl (C=O) groups excluding carboxylic acids is 1. The highest BCUT2D eigenvalue weighted by Crippen LogP contribution is 2.32. The summed E-state index contributed by atoms with van der Waals surface area (Å²) in [5, 5.41) is 3.08. The second kappa shape index (κ2) is 7.44. The number of nitrogens with one attached hydrogen (secondary N) is 1. The highest BCUT2D eigenvalue weighted by atomic mass is 32.2. The maximum absolute atomic E-state index is 13.1. The van der Waals surface area contributed by atoms with Crippen molar-refractivity contribution in [3.63, 3.8) is 0 Å². The van der Waals surface area contributed by atoms with E-state index in [4.69, 9.17) is 0 Å². The summed E-state index contributed by atoms with van der Waals surface area (Å²) < 4.78 is 36.8. The van der Waals surface area contributed by atoms with Crippen LogP contribution >= 0.6 is 11.3 Å². The van der Waals surface area contributed by atoms with E-state index in [0.717, 1.165) is 21.1 Å². The molecule has 1 aromatic carbocycles. The summed E-state index contributed by atoms with van der Waals surface area (Å²) in [5.41, 5.74) is 1.62. The smallest absolute Gasteiger partial charge is 0.221 e. The number of halogens is 1. The van der Waals surface area contributed by atoms with Crippen LogP contribution in [-0.4, -0.2) is 30.3 Å². The van der Waals surface area contributed by atoms with Crippen LogP contribution in [0.25, 0.3) is 10.6 Å². The number of hydrogen-bond acceptors (Lipinski definition) is 5. The van der Waals surface area contributed by atoms with Crippen molar-refractivity contribution in [2.24, 2.45) is 0 Å². The molecule has 2 atom stereocenters. The van der Waals surface area contributed by atoms with Crippen molar-refractivity contribution in [1.29, 1.82) is 0 Å². The Kier molecular flexibility index (Phi) is 5.43. The minimum Gasteiger partial charge on any atom is -0.349 e. The Morgan fingerprint density at radius 1 is 1.38 bits per heavy atom. The molecule has 1 amide bonds. The summed E-state index contributed by atoms with van der Waals surface area (Å²) in [5.74, 6) is -0.385. The predicted octanol–water partition coefficient (Wildman–Crippen LogP) is 3.40. The molecule has 1 aliphatic rings. The van der Waals surface area contributed by atoms with E-state index in [1.807, 2.05) is 13.8 Å². The highest BCUT2D eigenvalue weighted by Gasteiger charge is 2.33. The van der Waals surface area contributed by atoms with Gasteiger partial charge in [0.2, 0.25) is 5.91 Å². The summed E-state index contributed by atoms with van der Waals surface area (Å²) in [4.78, 5) is 17.7. The van der Waals surface area contributed by atoms with E-state index in [-0.39, 0.29) is 29.9 Å². The molecule has 26 heavy (non-hydrogen) atoms. The number of sulfone groups is 1. The fourth-order valence-electron chi connectivity index (χ4n) is 3.19. The lowest BCUT2D eigenvalue weighted by atomic mass is 10.1. The van der Waals surface area contributed by atoms with Gasteiger partial charge in [-0.05, 0) is 51.0 Å². The van der Waals surface area contributed by atoms with Crippen LogP contribution in [0.2, 0.25) is 0 Å². The molecule has 0 bridgehead atoms. The first kappa shape index (κ1) is 19.0. The van der Waals surface area contributed by atoms with Crippen LogP contribution in [0.3, 0.4) is 0 Å². The van der Waals surface area contributed by atoms with Gasteiger partial charge in [-0.15, -0.1) is 11.3 Å². The number of hydrogen-bond donors (Lipinski definition) is 1. The fraction of sp³-hybridized carbons (Fsp3) is 0.444. The average Bonchev–Trinajstić information content (AvgIpc) is 3.11. The van der Waals surface area contributed by atoms with E-state index < -0.39 is 15.1 Å². The van der Waals surface area contributed by atoms with E-state index in [2.05, 4.69) is 10.3 Å². The van der Waals surface area contributed by atoms with Gasteiger partial charge in [-0.2, -0.15) is 0 Å². The molecule has 0 radical (unpaired) electrons. The van der Waals surface area contributed by atoms with Crippen molar-refractivity contribution in [3.8, 4) is 10.6 Å². The molecule has 2 heterocycles. The molecular weight excluding hydrogens is 375 g/mol. The number of aromatic nitrogens is 1. The summed E-state index contributed by atoms with van der Waals surface area (Å²) in [6, 6.07) is 5.85. The van der Waals surface area contributed by atoms with Gasteiger partial charge in [0, 0.05) is 12.0 Å². The third kappa shape index (κ3) is 4.12. The largest absolute Gasteiger partial charge is 0.349 e. The number of amides is 1. The molecule has 2 unspecified atom stereocenters. The molecule has 5 nitrogen and oxygen atoms in total. The molecule has 2 aromatic rings. The number of thiazole rings is 1. The number of rotatable bonds is 5. The second-order valence-electron chi connectivity index (χ2n) is 6.60. The Morgan fingerprint density at radius 3 is 2.69 bits per heavy atom. The Hall–Kier alpha value is -1.80. The summed E-state index contributed by atoms with van der Waals surface area (Å²) >= 11 is 1.44. The van der Waals surface area contributed by atoms with Gasteiger partial charge in [0.25, 0.3) is 0 Å². The van der Waals surface area contributed by atoms with E-state index in [1.54, 1.807) is 12.1 Å². The number of aryl methyl sites for hydroxylation is 1. The van der Waals surface area contributed by atoms with E-state index in [9.17, 15) is 17.6 Å². The molecule has 8 heteroatoms. The quantitative estimate of drug-likeness (QED) is 0.840. The number of carbonyl (C=O) groups is 1. The van der Waals surface area contributed by atoms with E-state index in [0.29, 0.717) is 12.8 Å². The van der Waals surface area contributed by atoms with Crippen molar-refractivity contribution in [3.05, 3.63) is 40.7 Å². The maximum Gasteiger partial charge on any atom is 0.221 e. The molecule has 1 saturated heterocycles. The monoisotopic (exact) mass is 396 g/mol. The van der Waals surface area contributed by atoms with Crippen LogP contribution in [0, 0.1) is 12.7 Å². The highest BCUT2D eigenvalue weighted by molar-refractivity contribution is 7.92. The summed E-state index contributed by atoms with van der Waals surface area (Å²) in [7, 11) is -3.13. The third-order valence-corrected chi connectivity index (χ3v) is 8.24. The number of nitrogens with zero attached hydrogens (tertiary/aromatic N) is 1. The second-order valence-corrected chi connectivity index (χ2v) is 10.0. The van der Waals surface area contributed by atoms with Crippen LogP contribution in [0.15, 0.2) is 24.3 Å². The fourth-order valence-corrected chi connectivity index (χ4v) is 6.09. The predicted molar refractivity (Wildman–Crippen MR) is 100 cm³/mol. The Labute approximate surface area is 156 Å². The Balaban J connectivity index is 1.69. The van der Waals surface area contributed by atoms with Gasteiger partial charge in [0.15, 0.2) is 9.84 Å². The van der Waals surface area contributed by atoms with Crippen LogP contribution in [0.1, 0.15) is 42.8 Å². The molecule has 1 N–H and O–H groups in total. The average molecular weight is 397 g/mol. The van der Waals surface area contributed by atoms with Crippen molar-refractivity contribution in [2.45, 2.75) is 44.4 Å². The van der Waals surface area contributed by atoms with Crippen LogP contribution in [0.5, 0.6) is 0 Å². The standard InChI is InChI=1S/C18H21FN2O3S2/c1-11(20-16(22)10-15-4-3-9-26(15,23)24)17-12(2)21-18(25-17)13-5-7-14(19)8-6-13/h5-8,11,15H,3-4,9-10H2,1-2H3,(H,20,22). The number of benzene rings is 1. The first-order valence-corrected chi connectivity index (χ1v) is 11.0. The molecule has 0 spiro atoms.